The second-order valence-electron chi connectivity index (χ2n) is 7.19. The number of aromatic nitrogens is 2. The van der Waals surface area contributed by atoms with Crippen molar-refractivity contribution in [2.75, 3.05) is 5.73 Å². The van der Waals surface area contributed by atoms with E-state index >= 15 is 0 Å². The summed E-state index contributed by atoms with van der Waals surface area (Å²) in [4.78, 5) is 18.1. The molecule has 0 saturated carbocycles. The molecule has 0 saturated heterocycles. The van der Waals surface area contributed by atoms with Crippen molar-refractivity contribution in [2.45, 2.75) is 6.92 Å². The highest BCUT2D eigenvalue weighted by atomic mass is 32.1. The first-order chi connectivity index (χ1) is 14.6. The molecule has 146 valence electrons. The first-order valence-corrected chi connectivity index (χ1v) is 10.5. The lowest BCUT2D eigenvalue weighted by atomic mass is 10.1. The van der Waals surface area contributed by atoms with Gasteiger partial charge in [0.25, 0.3) is 0 Å². The molecule has 5 heteroatoms. The van der Waals surface area contributed by atoms with Crippen LogP contribution in [0.2, 0.25) is 0 Å². The molecular formula is C25H19N3OS. The lowest BCUT2D eigenvalue weighted by Gasteiger charge is -2.03. The molecule has 2 N–H and O–H groups in total. The highest BCUT2D eigenvalue weighted by Gasteiger charge is 2.24. The average Bonchev–Trinajstić information content (AvgIpc) is 3.36. The predicted octanol–water partition coefficient (Wildman–Crippen LogP) is 5.85. The van der Waals surface area contributed by atoms with Gasteiger partial charge in [-0.25, -0.2) is 4.98 Å². The number of nitrogens with two attached hydrogens (primary N) is 1. The van der Waals surface area contributed by atoms with Crippen molar-refractivity contribution in [3.63, 3.8) is 0 Å². The molecule has 0 aliphatic heterocycles. The molecule has 0 amide bonds. The maximum atomic E-state index is 13.3. The molecule has 3 aromatic heterocycles. The molecule has 0 aliphatic carbocycles. The third-order valence-corrected chi connectivity index (χ3v) is 6.06. The zero-order valence-electron chi connectivity index (χ0n) is 16.4. The van der Waals surface area contributed by atoms with Crippen LogP contribution in [0.1, 0.15) is 21.6 Å². The van der Waals surface area contributed by atoms with Crippen LogP contribution in [0, 0.1) is 6.92 Å². The van der Waals surface area contributed by atoms with E-state index in [-0.39, 0.29) is 5.78 Å². The first kappa shape index (κ1) is 18.3. The van der Waals surface area contributed by atoms with Crippen LogP contribution in [0.25, 0.3) is 27.3 Å². The maximum Gasteiger partial charge on any atom is 0.211 e. The summed E-state index contributed by atoms with van der Waals surface area (Å²) < 4.78 is 1.87. The molecule has 3 heterocycles. The van der Waals surface area contributed by atoms with Crippen LogP contribution in [0.4, 0.5) is 5.69 Å². The molecular weight excluding hydrogens is 390 g/mol. The molecule has 30 heavy (non-hydrogen) atoms. The molecule has 0 spiro atoms. The number of hydrogen-bond donors (Lipinski definition) is 1. The molecule has 0 fully saturated rings. The number of carbonyl (C=O) groups is 1. The Morgan fingerprint density at radius 3 is 2.47 bits per heavy atom. The SMILES string of the molecule is Cc1ccc(-c2csc(-c3c(N)c(C(=O)c4ccccc4)n4ccccc34)n2)cc1. The number of ketones is 1. The Hall–Kier alpha value is -3.70. The number of anilines is 1. The van der Waals surface area contributed by atoms with Crippen LogP contribution >= 0.6 is 11.3 Å². The summed E-state index contributed by atoms with van der Waals surface area (Å²) in [5.41, 5.74) is 13.0. The van der Waals surface area contributed by atoms with Crippen LogP contribution in [-0.2, 0) is 0 Å². The van der Waals surface area contributed by atoms with Gasteiger partial charge in [0, 0.05) is 22.7 Å². The minimum absolute atomic E-state index is 0.101. The van der Waals surface area contributed by atoms with E-state index in [1.54, 1.807) is 0 Å². The molecule has 5 rings (SSSR count). The van der Waals surface area contributed by atoms with Crippen molar-refractivity contribution in [3.05, 3.63) is 101 Å². The molecule has 0 atom stereocenters. The van der Waals surface area contributed by atoms with Gasteiger partial charge in [-0.3, -0.25) is 4.79 Å². The number of fused-ring (bicyclic) bond motifs is 1. The first-order valence-electron chi connectivity index (χ1n) is 9.64. The van der Waals surface area contributed by atoms with E-state index in [0.717, 1.165) is 27.3 Å². The summed E-state index contributed by atoms with van der Waals surface area (Å²) in [7, 11) is 0. The van der Waals surface area contributed by atoms with Crippen LogP contribution in [0.5, 0.6) is 0 Å². The number of nitrogens with zero attached hydrogens (tertiary/aromatic N) is 2. The Morgan fingerprint density at radius 1 is 0.967 bits per heavy atom. The van der Waals surface area contributed by atoms with E-state index in [1.807, 2.05) is 64.5 Å². The fourth-order valence-corrected chi connectivity index (χ4v) is 4.55. The lowest BCUT2D eigenvalue weighted by Crippen LogP contribution is -2.07. The summed E-state index contributed by atoms with van der Waals surface area (Å²) >= 11 is 1.54. The van der Waals surface area contributed by atoms with Crippen molar-refractivity contribution >= 4 is 28.3 Å². The van der Waals surface area contributed by atoms with Gasteiger partial charge in [-0.05, 0) is 19.1 Å². The summed E-state index contributed by atoms with van der Waals surface area (Å²) in [6.07, 6.45) is 1.87. The van der Waals surface area contributed by atoms with E-state index in [2.05, 4.69) is 31.2 Å². The summed E-state index contributed by atoms with van der Waals surface area (Å²) in [6.45, 7) is 2.07. The predicted molar refractivity (Wildman–Crippen MR) is 123 cm³/mol. The van der Waals surface area contributed by atoms with Crippen molar-refractivity contribution in [3.8, 4) is 21.8 Å². The van der Waals surface area contributed by atoms with Crippen molar-refractivity contribution in [1.29, 1.82) is 0 Å². The Morgan fingerprint density at radius 2 is 1.70 bits per heavy atom. The summed E-state index contributed by atoms with van der Waals surface area (Å²) in [5.74, 6) is -0.101. The lowest BCUT2D eigenvalue weighted by molar-refractivity contribution is 0.103. The van der Waals surface area contributed by atoms with Gasteiger partial charge in [-0.2, -0.15) is 0 Å². The third kappa shape index (κ3) is 3.00. The average molecular weight is 410 g/mol. The van der Waals surface area contributed by atoms with E-state index in [0.29, 0.717) is 16.9 Å². The number of hydrogen-bond acceptors (Lipinski definition) is 4. The van der Waals surface area contributed by atoms with Crippen LogP contribution in [-0.4, -0.2) is 15.2 Å². The van der Waals surface area contributed by atoms with E-state index in [4.69, 9.17) is 10.7 Å². The normalized spacial score (nSPS) is 11.1. The van der Waals surface area contributed by atoms with E-state index < -0.39 is 0 Å². The highest BCUT2D eigenvalue weighted by Crippen LogP contribution is 2.39. The van der Waals surface area contributed by atoms with Gasteiger partial charge in [0.2, 0.25) is 5.78 Å². The smallest absolute Gasteiger partial charge is 0.211 e. The molecule has 5 aromatic rings. The zero-order chi connectivity index (χ0) is 20.7. The fraction of sp³-hybridized carbons (Fsp3) is 0.0400. The van der Waals surface area contributed by atoms with Gasteiger partial charge < -0.3 is 10.1 Å². The minimum Gasteiger partial charge on any atom is -0.396 e. The second-order valence-corrected chi connectivity index (χ2v) is 8.05. The highest BCUT2D eigenvalue weighted by molar-refractivity contribution is 7.13. The molecule has 4 nitrogen and oxygen atoms in total. The Kier molecular flexibility index (Phi) is 4.45. The minimum atomic E-state index is -0.101. The van der Waals surface area contributed by atoms with Crippen molar-refractivity contribution in [2.24, 2.45) is 0 Å². The molecule has 0 radical (unpaired) electrons. The zero-order valence-corrected chi connectivity index (χ0v) is 17.2. The van der Waals surface area contributed by atoms with Crippen molar-refractivity contribution < 1.29 is 4.79 Å². The van der Waals surface area contributed by atoms with Gasteiger partial charge in [-0.15, -0.1) is 11.3 Å². The fourth-order valence-electron chi connectivity index (χ4n) is 3.66. The van der Waals surface area contributed by atoms with Crippen LogP contribution < -0.4 is 5.73 Å². The molecule has 0 aliphatic rings. The quantitative estimate of drug-likeness (QED) is 0.379. The van der Waals surface area contributed by atoms with Gasteiger partial charge in [0.15, 0.2) is 0 Å². The van der Waals surface area contributed by atoms with Crippen LogP contribution in [0.15, 0.2) is 84.4 Å². The Labute approximate surface area is 178 Å². The number of thiazole rings is 1. The monoisotopic (exact) mass is 409 g/mol. The van der Waals surface area contributed by atoms with Gasteiger partial charge in [0.05, 0.1) is 22.5 Å². The molecule has 0 unspecified atom stereocenters. The van der Waals surface area contributed by atoms with E-state index in [1.165, 1.54) is 16.9 Å². The number of carbonyl (C=O) groups excluding carboxylic acids is 1. The number of nitrogen functional groups attached to an aromatic ring is 1. The number of aryl methyl sites for hydroxylation is 1. The van der Waals surface area contributed by atoms with Gasteiger partial charge in [-0.1, -0.05) is 66.2 Å². The standard InChI is InChI=1S/C25H19N3OS/c1-16-10-12-17(13-11-16)19-15-30-25(27-19)21-20-9-5-6-14-28(20)23(22(21)26)24(29)18-7-3-2-4-8-18/h2-15H,26H2,1H3. The Bertz CT molecular complexity index is 1370. The number of rotatable bonds is 4. The van der Waals surface area contributed by atoms with Crippen LogP contribution in [0.3, 0.4) is 0 Å². The third-order valence-electron chi connectivity index (χ3n) is 5.20. The van der Waals surface area contributed by atoms with E-state index in [9.17, 15) is 4.79 Å². The molecule has 2 aromatic carbocycles. The largest absolute Gasteiger partial charge is 0.396 e. The topological polar surface area (TPSA) is 60.4 Å². The van der Waals surface area contributed by atoms with Gasteiger partial charge >= 0.3 is 0 Å². The van der Waals surface area contributed by atoms with Gasteiger partial charge in [0.1, 0.15) is 10.7 Å². The Balaban J connectivity index is 1.67. The van der Waals surface area contributed by atoms with Crippen molar-refractivity contribution in [1.82, 2.24) is 9.38 Å². The summed E-state index contributed by atoms with van der Waals surface area (Å²) in [6, 6.07) is 23.3. The summed E-state index contributed by atoms with van der Waals surface area (Å²) in [5, 5.41) is 2.84. The molecule has 0 bridgehead atoms. The maximum absolute atomic E-state index is 13.3. The number of benzene rings is 2. The second kappa shape index (κ2) is 7.28. The number of pyridine rings is 1.